The summed E-state index contributed by atoms with van der Waals surface area (Å²) < 4.78 is 39.9. The van der Waals surface area contributed by atoms with Crippen LogP contribution in [0.2, 0.25) is 0 Å². The van der Waals surface area contributed by atoms with E-state index < -0.39 is 32.7 Å². The lowest BCUT2D eigenvalue weighted by Crippen LogP contribution is -2.34. The maximum absolute atomic E-state index is 13.1. The van der Waals surface area contributed by atoms with Gasteiger partial charge in [-0.2, -0.15) is 4.39 Å². The highest BCUT2D eigenvalue weighted by molar-refractivity contribution is 7.92. The van der Waals surface area contributed by atoms with Gasteiger partial charge in [0.05, 0.1) is 17.4 Å². The SMILES string of the molecule is CNc1ccc2c(=O)n(-c3ccc(NC(=O)NS(=O)(=O)c4ccc(F)s4)cn3)cc(C(N)=O)c2c1. The van der Waals surface area contributed by atoms with Crippen LogP contribution in [0, 0.1) is 5.13 Å². The molecule has 3 heterocycles. The largest absolute Gasteiger partial charge is 0.388 e. The standard InChI is InChI=1S/C21H17FN6O5S2/c1-24-11-2-4-13-14(8-11)15(19(23)29)10-28(20(13)30)17-6-3-12(9-25-17)26-21(31)27-35(32,33)18-7-5-16(22)34-18/h2-10,24H,1H3,(H2,23,29)(H2,26,27,31). The predicted molar refractivity (Wildman–Crippen MR) is 129 cm³/mol. The van der Waals surface area contributed by atoms with Gasteiger partial charge in [0.2, 0.25) is 0 Å². The van der Waals surface area contributed by atoms with Crippen molar-refractivity contribution in [3.63, 3.8) is 0 Å². The third kappa shape index (κ3) is 4.83. The third-order valence-corrected chi connectivity index (χ3v) is 7.56. The van der Waals surface area contributed by atoms with Gasteiger partial charge in [0.15, 0.2) is 5.13 Å². The fourth-order valence-corrected chi connectivity index (χ4v) is 5.15. The third-order valence-electron chi connectivity index (χ3n) is 4.86. The first kappa shape index (κ1) is 23.8. The molecule has 1 aromatic carbocycles. The van der Waals surface area contributed by atoms with Crippen molar-refractivity contribution in [3.8, 4) is 5.82 Å². The monoisotopic (exact) mass is 516 g/mol. The highest BCUT2D eigenvalue weighted by atomic mass is 32.2. The molecule has 0 atom stereocenters. The molecule has 11 nitrogen and oxygen atoms in total. The number of aromatic nitrogens is 2. The molecule has 4 rings (SSSR count). The number of fused-ring (bicyclic) bond motifs is 1. The highest BCUT2D eigenvalue weighted by Crippen LogP contribution is 2.22. The first-order valence-electron chi connectivity index (χ1n) is 9.81. The number of rotatable bonds is 6. The molecule has 0 unspecified atom stereocenters. The minimum absolute atomic E-state index is 0.107. The second-order valence-electron chi connectivity index (χ2n) is 7.12. The average molecular weight is 517 g/mol. The van der Waals surface area contributed by atoms with Crippen LogP contribution in [-0.4, -0.2) is 37.0 Å². The first-order chi connectivity index (χ1) is 16.6. The Kier molecular flexibility index (Phi) is 6.24. The van der Waals surface area contributed by atoms with Gasteiger partial charge in [-0.25, -0.2) is 22.9 Å². The summed E-state index contributed by atoms with van der Waals surface area (Å²) in [5, 5.41) is 5.14. The van der Waals surface area contributed by atoms with E-state index in [0.29, 0.717) is 22.4 Å². The molecule has 0 radical (unpaired) electrons. The van der Waals surface area contributed by atoms with Crippen LogP contribution in [0.15, 0.2) is 63.9 Å². The Morgan fingerprint density at radius 1 is 1.09 bits per heavy atom. The number of hydrogen-bond donors (Lipinski definition) is 4. The summed E-state index contributed by atoms with van der Waals surface area (Å²) in [4.78, 5) is 41.3. The number of halogens is 1. The zero-order valence-electron chi connectivity index (χ0n) is 17.9. The molecular weight excluding hydrogens is 499 g/mol. The molecular formula is C21H17FN6O5S2. The van der Waals surface area contributed by atoms with Crippen molar-refractivity contribution in [1.82, 2.24) is 14.3 Å². The number of sulfonamides is 1. The van der Waals surface area contributed by atoms with Gasteiger partial charge in [-0.1, -0.05) is 11.3 Å². The summed E-state index contributed by atoms with van der Waals surface area (Å²) in [5.41, 5.74) is 5.98. The number of nitrogens with one attached hydrogen (secondary N) is 3. The van der Waals surface area contributed by atoms with Crippen molar-refractivity contribution in [1.29, 1.82) is 0 Å². The Hall–Kier alpha value is -4.30. The molecule has 0 aliphatic carbocycles. The number of nitrogens with two attached hydrogens (primary N) is 1. The van der Waals surface area contributed by atoms with E-state index in [1.807, 2.05) is 0 Å². The van der Waals surface area contributed by atoms with Crippen LogP contribution < -0.4 is 26.6 Å². The zero-order valence-corrected chi connectivity index (χ0v) is 19.5. The molecule has 0 aliphatic rings. The van der Waals surface area contributed by atoms with Crippen LogP contribution in [-0.2, 0) is 10.0 Å². The van der Waals surface area contributed by atoms with E-state index in [-0.39, 0.29) is 26.7 Å². The molecule has 0 fully saturated rings. The molecule has 0 bridgehead atoms. The lowest BCUT2D eigenvalue weighted by Gasteiger charge is -2.12. The van der Waals surface area contributed by atoms with Gasteiger partial charge in [-0.3, -0.25) is 14.2 Å². The summed E-state index contributed by atoms with van der Waals surface area (Å²) >= 11 is 0.371. The Balaban J connectivity index is 1.60. The van der Waals surface area contributed by atoms with Crippen molar-refractivity contribution >= 4 is 55.4 Å². The summed E-state index contributed by atoms with van der Waals surface area (Å²) in [6.07, 6.45) is 2.47. The normalized spacial score (nSPS) is 11.3. The lowest BCUT2D eigenvalue weighted by molar-refractivity contribution is 0.100. The summed E-state index contributed by atoms with van der Waals surface area (Å²) in [7, 11) is -2.55. The van der Waals surface area contributed by atoms with Crippen LogP contribution >= 0.6 is 11.3 Å². The number of thiophene rings is 1. The molecule has 180 valence electrons. The van der Waals surface area contributed by atoms with Crippen LogP contribution in [0.4, 0.5) is 20.6 Å². The molecule has 0 saturated carbocycles. The van der Waals surface area contributed by atoms with Gasteiger partial charge in [-0.05, 0) is 42.5 Å². The van der Waals surface area contributed by atoms with Gasteiger partial charge in [0, 0.05) is 29.7 Å². The summed E-state index contributed by atoms with van der Waals surface area (Å²) in [5.74, 6) is -0.608. The van der Waals surface area contributed by atoms with Gasteiger partial charge >= 0.3 is 6.03 Å². The Labute approximate surface area is 201 Å². The zero-order chi connectivity index (χ0) is 25.3. The van der Waals surface area contributed by atoms with E-state index in [9.17, 15) is 27.2 Å². The number of hydrogen-bond acceptors (Lipinski definition) is 8. The molecule has 4 aromatic rings. The smallest absolute Gasteiger partial charge is 0.333 e. The topological polar surface area (TPSA) is 165 Å². The second-order valence-corrected chi connectivity index (χ2v) is 10.1. The van der Waals surface area contributed by atoms with Crippen molar-refractivity contribution in [3.05, 3.63) is 75.9 Å². The number of urea groups is 1. The summed E-state index contributed by atoms with van der Waals surface area (Å²) in [6, 6.07) is 8.56. The fourth-order valence-electron chi connectivity index (χ4n) is 3.24. The van der Waals surface area contributed by atoms with Gasteiger partial charge in [0.25, 0.3) is 21.5 Å². The van der Waals surface area contributed by atoms with E-state index >= 15 is 0 Å². The van der Waals surface area contributed by atoms with Gasteiger partial charge < -0.3 is 16.4 Å². The van der Waals surface area contributed by atoms with Crippen LogP contribution in [0.3, 0.4) is 0 Å². The lowest BCUT2D eigenvalue weighted by atomic mass is 10.1. The van der Waals surface area contributed by atoms with Crippen molar-refractivity contribution in [2.24, 2.45) is 5.73 Å². The number of nitrogens with zero attached hydrogens (tertiary/aromatic N) is 2. The van der Waals surface area contributed by atoms with E-state index in [1.54, 1.807) is 30.0 Å². The first-order valence-corrected chi connectivity index (χ1v) is 12.1. The second kappa shape index (κ2) is 9.15. The number of carbonyl (C=O) groups excluding carboxylic acids is 2. The number of anilines is 2. The molecule has 35 heavy (non-hydrogen) atoms. The number of pyridine rings is 2. The Bertz CT molecular complexity index is 1630. The van der Waals surface area contributed by atoms with Crippen molar-refractivity contribution < 1.29 is 22.4 Å². The maximum atomic E-state index is 13.1. The van der Waals surface area contributed by atoms with Gasteiger partial charge in [0.1, 0.15) is 10.0 Å². The van der Waals surface area contributed by atoms with Crippen LogP contribution in [0.25, 0.3) is 16.6 Å². The fraction of sp³-hybridized carbons (Fsp3) is 0.0476. The highest BCUT2D eigenvalue weighted by Gasteiger charge is 2.20. The molecule has 5 N–H and O–H groups in total. The van der Waals surface area contributed by atoms with Crippen LogP contribution in [0.5, 0.6) is 0 Å². The van der Waals surface area contributed by atoms with Crippen LogP contribution in [0.1, 0.15) is 10.4 Å². The molecule has 0 saturated heterocycles. The quantitative estimate of drug-likeness (QED) is 0.305. The van der Waals surface area contributed by atoms with E-state index in [4.69, 9.17) is 5.73 Å². The maximum Gasteiger partial charge on any atom is 0.333 e. The Morgan fingerprint density at radius 2 is 1.83 bits per heavy atom. The minimum Gasteiger partial charge on any atom is -0.388 e. The molecule has 3 aromatic heterocycles. The number of amides is 3. The minimum atomic E-state index is -4.25. The van der Waals surface area contributed by atoms with Crippen molar-refractivity contribution in [2.75, 3.05) is 17.7 Å². The molecule has 3 amide bonds. The number of carbonyl (C=O) groups is 2. The number of benzene rings is 1. The summed E-state index contributed by atoms with van der Waals surface area (Å²) in [6.45, 7) is 0. The van der Waals surface area contributed by atoms with E-state index in [2.05, 4.69) is 15.6 Å². The Morgan fingerprint density at radius 3 is 2.43 bits per heavy atom. The van der Waals surface area contributed by atoms with E-state index in [1.165, 1.54) is 24.5 Å². The molecule has 0 aliphatic heterocycles. The van der Waals surface area contributed by atoms with Crippen molar-refractivity contribution in [2.45, 2.75) is 4.21 Å². The average Bonchev–Trinajstić information content (AvgIpc) is 3.26. The van der Waals surface area contributed by atoms with Gasteiger partial charge in [-0.15, -0.1) is 0 Å². The number of primary amides is 1. The molecule has 0 spiro atoms. The van der Waals surface area contributed by atoms with E-state index in [0.717, 1.165) is 16.7 Å². The predicted octanol–water partition coefficient (Wildman–Crippen LogP) is 2.24. The molecule has 14 heteroatoms.